The van der Waals surface area contributed by atoms with Crippen LogP contribution in [-0.4, -0.2) is 13.6 Å². The van der Waals surface area contributed by atoms with Gasteiger partial charge in [0.25, 0.3) is 0 Å². The summed E-state index contributed by atoms with van der Waals surface area (Å²) in [6.07, 6.45) is 3.62. The summed E-state index contributed by atoms with van der Waals surface area (Å²) in [5.41, 5.74) is 4.32. The van der Waals surface area contributed by atoms with Crippen molar-refractivity contribution in [2.45, 2.75) is 38.8 Å². The molecule has 0 saturated heterocycles. The molecule has 3 heteroatoms. The summed E-state index contributed by atoms with van der Waals surface area (Å²) >= 11 is 1.84. The fraction of sp³-hybridized carbons (Fsp3) is 0.444. The number of nitrogens with zero attached hydrogens (tertiary/aromatic N) is 1. The highest BCUT2D eigenvalue weighted by Crippen LogP contribution is 2.27. The maximum Gasteiger partial charge on any atom is 0.0414 e. The zero-order valence-electron chi connectivity index (χ0n) is 12.9. The number of thiophene rings is 1. The van der Waals surface area contributed by atoms with E-state index in [0.29, 0.717) is 6.04 Å². The zero-order valence-corrected chi connectivity index (χ0v) is 13.7. The minimum Gasteiger partial charge on any atom is -0.374 e. The van der Waals surface area contributed by atoms with Crippen LogP contribution < -0.4 is 10.2 Å². The molecule has 0 amide bonds. The van der Waals surface area contributed by atoms with Crippen molar-refractivity contribution in [2.75, 3.05) is 18.5 Å². The maximum absolute atomic E-state index is 3.70. The summed E-state index contributed by atoms with van der Waals surface area (Å²) in [4.78, 5) is 3.81. The molecule has 1 aliphatic rings. The Morgan fingerprint density at radius 3 is 3.00 bits per heavy atom. The summed E-state index contributed by atoms with van der Waals surface area (Å²) in [5.74, 6) is 0. The van der Waals surface area contributed by atoms with Gasteiger partial charge in [-0.05, 0) is 47.9 Å². The quantitative estimate of drug-likeness (QED) is 0.882. The molecule has 1 aromatic heterocycles. The first kappa shape index (κ1) is 14.6. The highest BCUT2D eigenvalue weighted by Gasteiger charge is 2.14. The van der Waals surface area contributed by atoms with Crippen LogP contribution in [0.3, 0.4) is 0 Å². The average molecular weight is 300 g/mol. The van der Waals surface area contributed by atoms with E-state index < -0.39 is 0 Å². The van der Waals surface area contributed by atoms with Crippen molar-refractivity contribution in [3.8, 4) is 0 Å². The van der Waals surface area contributed by atoms with E-state index in [9.17, 15) is 0 Å². The summed E-state index contributed by atoms with van der Waals surface area (Å²) in [5, 5.41) is 5.86. The molecule has 0 spiro atoms. The normalized spacial score (nSPS) is 15.8. The molecule has 0 fully saturated rings. The Labute approximate surface area is 131 Å². The van der Waals surface area contributed by atoms with Crippen LogP contribution in [0.4, 0.5) is 5.69 Å². The van der Waals surface area contributed by atoms with Crippen LogP contribution >= 0.6 is 11.3 Å². The van der Waals surface area contributed by atoms with E-state index in [1.165, 1.54) is 41.1 Å². The summed E-state index contributed by atoms with van der Waals surface area (Å²) < 4.78 is 0. The number of hydrogen-bond donors (Lipinski definition) is 1. The molecular weight excluding hydrogens is 276 g/mol. The van der Waals surface area contributed by atoms with Gasteiger partial charge in [-0.3, -0.25) is 0 Å². The van der Waals surface area contributed by atoms with E-state index in [2.05, 4.69) is 59.9 Å². The van der Waals surface area contributed by atoms with Crippen molar-refractivity contribution in [2.24, 2.45) is 0 Å². The van der Waals surface area contributed by atoms with Crippen molar-refractivity contribution in [1.82, 2.24) is 5.32 Å². The largest absolute Gasteiger partial charge is 0.374 e. The highest BCUT2D eigenvalue weighted by atomic mass is 32.1. The molecule has 0 radical (unpaired) electrons. The predicted octanol–water partition coefficient (Wildman–Crippen LogP) is 4.37. The van der Waals surface area contributed by atoms with E-state index in [1.807, 2.05) is 11.3 Å². The van der Waals surface area contributed by atoms with Crippen LogP contribution in [0.5, 0.6) is 0 Å². The lowest BCUT2D eigenvalue weighted by Gasteiger charge is -2.28. The Morgan fingerprint density at radius 2 is 2.24 bits per heavy atom. The van der Waals surface area contributed by atoms with Gasteiger partial charge >= 0.3 is 0 Å². The Morgan fingerprint density at radius 1 is 1.33 bits per heavy atom. The number of hydrogen-bond acceptors (Lipinski definition) is 3. The lowest BCUT2D eigenvalue weighted by atomic mass is 9.99. The molecule has 3 rings (SSSR count). The molecule has 0 bridgehead atoms. The van der Waals surface area contributed by atoms with E-state index in [-0.39, 0.29) is 0 Å². The Hall–Kier alpha value is -1.32. The van der Waals surface area contributed by atoms with Crippen LogP contribution in [0.1, 0.15) is 41.8 Å². The van der Waals surface area contributed by atoms with E-state index in [4.69, 9.17) is 0 Å². The van der Waals surface area contributed by atoms with Gasteiger partial charge in [-0.15, -0.1) is 11.3 Å². The van der Waals surface area contributed by atoms with Gasteiger partial charge in [-0.25, -0.2) is 0 Å². The van der Waals surface area contributed by atoms with Crippen LogP contribution in [0.2, 0.25) is 0 Å². The molecule has 1 unspecified atom stereocenters. The van der Waals surface area contributed by atoms with Crippen molar-refractivity contribution in [1.29, 1.82) is 0 Å². The first-order chi connectivity index (χ1) is 10.3. The molecule has 112 valence electrons. The van der Waals surface area contributed by atoms with Gasteiger partial charge in [0.05, 0.1) is 0 Å². The fourth-order valence-corrected chi connectivity index (χ4v) is 4.01. The molecule has 1 N–H and O–H groups in total. The molecule has 1 aliphatic heterocycles. The lowest BCUT2D eigenvalue weighted by molar-refractivity contribution is 0.526. The van der Waals surface area contributed by atoms with Gasteiger partial charge in [0.2, 0.25) is 0 Å². The number of aryl methyl sites for hydroxylation is 1. The van der Waals surface area contributed by atoms with Gasteiger partial charge in [-0.1, -0.05) is 25.1 Å². The van der Waals surface area contributed by atoms with Crippen LogP contribution in [0.15, 0.2) is 35.7 Å². The molecule has 2 aromatic rings. The molecular formula is C18H24N2S. The Balaban J connectivity index is 1.68. The first-order valence-electron chi connectivity index (χ1n) is 7.87. The minimum absolute atomic E-state index is 0.476. The molecule has 1 aromatic carbocycles. The fourth-order valence-electron chi connectivity index (χ4n) is 3.13. The molecule has 2 nitrogen and oxygen atoms in total. The zero-order chi connectivity index (χ0) is 14.7. The summed E-state index contributed by atoms with van der Waals surface area (Å²) in [7, 11) is 2.19. The molecule has 0 aliphatic carbocycles. The summed E-state index contributed by atoms with van der Waals surface area (Å²) in [6, 6.07) is 11.8. The minimum atomic E-state index is 0.476. The van der Waals surface area contributed by atoms with Crippen molar-refractivity contribution < 1.29 is 0 Å². The monoisotopic (exact) mass is 300 g/mol. The van der Waals surface area contributed by atoms with Crippen LogP contribution in [0.25, 0.3) is 0 Å². The standard InChI is InChI=1S/C18H24N2S/c1-3-16(18-7-5-11-21-18)19-13-14-8-9-17-15(12-14)6-4-10-20(17)2/h5,7-9,11-12,16,19H,3-4,6,10,13H2,1-2H3. The van der Waals surface area contributed by atoms with Gasteiger partial charge in [0.1, 0.15) is 0 Å². The molecule has 0 saturated carbocycles. The first-order valence-corrected chi connectivity index (χ1v) is 8.75. The number of benzene rings is 1. The average Bonchev–Trinajstić information content (AvgIpc) is 3.02. The Bertz CT molecular complexity index is 577. The third kappa shape index (κ3) is 3.30. The maximum atomic E-state index is 3.70. The van der Waals surface area contributed by atoms with Gasteiger partial charge < -0.3 is 10.2 Å². The second kappa shape index (κ2) is 6.63. The van der Waals surface area contributed by atoms with Crippen molar-refractivity contribution >= 4 is 17.0 Å². The third-order valence-corrected chi connectivity index (χ3v) is 5.33. The van der Waals surface area contributed by atoms with Gasteiger partial charge in [-0.2, -0.15) is 0 Å². The van der Waals surface area contributed by atoms with Gasteiger partial charge in [0.15, 0.2) is 0 Å². The number of nitrogens with one attached hydrogen (secondary N) is 1. The highest BCUT2D eigenvalue weighted by molar-refractivity contribution is 7.10. The second-order valence-corrected chi connectivity index (χ2v) is 6.82. The number of fused-ring (bicyclic) bond motifs is 1. The van der Waals surface area contributed by atoms with Crippen LogP contribution in [-0.2, 0) is 13.0 Å². The smallest absolute Gasteiger partial charge is 0.0414 e. The molecule has 1 atom stereocenters. The molecule has 21 heavy (non-hydrogen) atoms. The van der Waals surface area contributed by atoms with Crippen molar-refractivity contribution in [3.63, 3.8) is 0 Å². The van der Waals surface area contributed by atoms with E-state index in [0.717, 1.165) is 13.0 Å². The lowest BCUT2D eigenvalue weighted by Crippen LogP contribution is -2.25. The topological polar surface area (TPSA) is 15.3 Å². The molecule has 2 heterocycles. The predicted molar refractivity (Wildman–Crippen MR) is 92.2 cm³/mol. The van der Waals surface area contributed by atoms with Crippen LogP contribution in [0, 0.1) is 0 Å². The second-order valence-electron chi connectivity index (χ2n) is 5.85. The SMILES string of the molecule is CCC(NCc1ccc2c(c1)CCCN2C)c1cccs1. The third-order valence-electron chi connectivity index (χ3n) is 4.34. The van der Waals surface area contributed by atoms with Gasteiger partial charge in [0, 0.05) is 36.7 Å². The number of rotatable bonds is 5. The number of anilines is 1. The van der Waals surface area contributed by atoms with Crippen molar-refractivity contribution in [3.05, 3.63) is 51.7 Å². The van der Waals surface area contributed by atoms with E-state index in [1.54, 1.807) is 0 Å². The summed E-state index contributed by atoms with van der Waals surface area (Å²) in [6.45, 7) is 4.38. The van der Waals surface area contributed by atoms with E-state index >= 15 is 0 Å². The Kier molecular flexibility index (Phi) is 4.61.